The fraction of sp³-hybridized carbons (Fsp3) is 0.500. The summed E-state index contributed by atoms with van der Waals surface area (Å²) in [7, 11) is 0. The fourth-order valence-electron chi connectivity index (χ4n) is 1.20. The third-order valence-electron chi connectivity index (χ3n) is 2.08. The number of thiazole rings is 1. The van der Waals surface area contributed by atoms with E-state index in [9.17, 15) is 4.79 Å². The van der Waals surface area contributed by atoms with Gasteiger partial charge in [0.2, 0.25) is 0 Å². The smallest absolute Gasteiger partial charge is 0.190 e. The number of aryl methyl sites for hydroxylation is 2. The molecule has 0 saturated carbocycles. The van der Waals surface area contributed by atoms with Gasteiger partial charge >= 0.3 is 0 Å². The van der Waals surface area contributed by atoms with Crippen molar-refractivity contribution < 1.29 is 4.79 Å². The van der Waals surface area contributed by atoms with Crippen LogP contribution in [0.15, 0.2) is 5.51 Å². The Balaban J connectivity index is 2.12. The van der Waals surface area contributed by atoms with E-state index in [1.807, 2.05) is 12.4 Å². The lowest BCUT2D eigenvalue weighted by molar-refractivity contribution is -0.110. The van der Waals surface area contributed by atoms with Gasteiger partial charge in [0.25, 0.3) is 0 Å². The summed E-state index contributed by atoms with van der Waals surface area (Å²) in [4.78, 5) is 16.8. The van der Waals surface area contributed by atoms with Gasteiger partial charge in [-0.15, -0.1) is 11.3 Å². The number of nitrogens with one attached hydrogen (secondary N) is 2. The van der Waals surface area contributed by atoms with Gasteiger partial charge in [-0.1, -0.05) is 11.8 Å². The molecule has 4 N–H and O–H groups in total. The lowest BCUT2D eigenvalue weighted by Crippen LogP contribution is -2.31. The number of aromatic nitrogens is 1. The first kappa shape index (κ1) is 14.0. The zero-order valence-corrected chi connectivity index (χ0v) is 11.3. The van der Waals surface area contributed by atoms with E-state index in [1.54, 1.807) is 11.3 Å². The Morgan fingerprint density at radius 2 is 2.47 bits per heavy atom. The highest BCUT2D eigenvalue weighted by Crippen LogP contribution is 2.16. The molecule has 0 amide bonds. The molecule has 0 atom stereocenters. The molecule has 1 aromatic rings. The number of guanidine groups is 1. The summed E-state index contributed by atoms with van der Waals surface area (Å²) in [6.07, 6.45) is 1.28. The van der Waals surface area contributed by atoms with Crippen molar-refractivity contribution in [3.8, 4) is 0 Å². The van der Waals surface area contributed by atoms with Crippen LogP contribution in [0.3, 0.4) is 0 Å². The molecule has 0 fully saturated rings. The largest absolute Gasteiger partial charge is 0.370 e. The van der Waals surface area contributed by atoms with Crippen molar-refractivity contribution in [1.29, 1.82) is 5.41 Å². The SMILES string of the molecule is Cc1ncsc1CCSC(=O)CCNC(=N)N. The minimum atomic E-state index is -0.0944. The summed E-state index contributed by atoms with van der Waals surface area (Å²) in [5, 5.41) is 9.67. The number of thioether (sulfide) groups is 1. The van der Waals surface area contributed by atoms with E-state index in [0.717, 1.165) is 17.9 Å². The van der Waals surface area contributed by atoms with Gasteiger partial charge in [0.05, 0.1) is 11.2 Å². The summed E-state index contributed by atoms with van der Waals surface area (Å²) in [6, 6.07) is 0. The van der Waals surface area contributed by atoms with Crippen molar-refractivity contribution in [3.63, 3.8) is 0 Å². The van der Waals surface area contributed by atoms with E-state index >= 15 is 0 Å². The Morgan fingerprint density at radius 1 is 1.71 bits per heavy atom. The number of carbonyl (C=O) groups is 1. The number of nitrogens with two attached hydrogens (primary N) is 1. The molecule has 7 heteroatoms. The fourth-order valence-corrected chi connectivity index (χ4v) is 2.89. The van der Waals surface area contributed by atoms with E-state index in [1.165, 1.54) is 16.6 Å². The standard InChI is InChI=1S/C10H16N4OS2/c1-7-8(17-6-14-7)3-5-16-9(15)2-4-13-10(11)12/h6H,2-5H2,1H3,(H4,11,12,13). The molecule has 0 aliphatic heterocycles. The Labute approximate surface area is 109 Å². The van der Waals surface area contributed by atoms with Gasteiger partial charge in [0.1, 0.15) is 0 Å². The normalized spacial score (nSPS) is 10.2. The number of hydrogen-bond acceptors (Lipinski definition) is 5. The maximum Gasteiger partial charge on any atom is 0.190 e. The van der Waals surface area contributed by atoms with Crippen LogP contribution in [0.25, 0.3) is 0 Å². The molecule has 5 nitrogen and oxygen atoms in total. The molecule has 0 aliphatic carbocycles. The highest BCUT2D eigenvalue weighted by atomic mass is 32.2. The summed E-state index contributed by atoms with van der Waals surface area (Å²) < 4.78 is 0. The average molecular weight is 272 g/mol. The highest BCUT2D eigenvalue weighted by Gasteiger charge is 2.05. The molecule has 0 saturated heterocycles. The van der Waals surface area contributed by atoms with Crippen LogP contribution in [0.2, 0.25) is 0 Å². The third kappa shape index (κ3) is 5.69. The van der Waals surface area contributed by atoms with Crippen LogP contribution in [0.5, 0.6) is 0 Å². The van der Waals surface area contributed by atoms with Gasteiger partial charge in [0, 0.05) is 23.6 Å². The second kappa shape index (κ2) is 7.29. The molecular weight excluding hydrogens is 256 g/mol. The summed E-state index contributed by atoms with van der Waals surface area (Å²) >= 11 is 2.95. The van der Waals surface area contributed by atoms with Crippen LogP contribution < -0.4 is 11.1 Å². The number of hydrogen-bond donors (Lipinski definition) is 3. The quantitative estimate of drug-likeness (QED) is 0.533. The number of nitrogens with zero attached hydrogens (tertiary/aromatic N) is 1. The maximum absolute atomic E-state index is 11.4. The van der Waals surface area contributed by atoms with Crippen molar-refractivity contribution in [2.45, 2.75) is 19.8 Å². The Kier molecular flexibility index (Phi) is 5.99. The van der Waals surface area contributed by atoms with E-state index < -0.39 is 0 Å². The van der Waals surface area contributed by atoms with E-state index in [0.29, 0.717) is 13.0 Å². The molecule has 0 aliphatic rings. The van der Waals surface area contributed by atoms with E-state index in [-0.39, 0.29) is 11.1 Å². The van der Waals surface area contributed by atoms with Crippen molar-refractivity contribution in [1.82, 2.24) is 10.3 Å². The molecule has 17 heavy (non-hydrogen) atoms. The van der Waals surface area contributed by atoms with Crippen molar-refractivity contribution >= 4 is 34.2 Å². The minimum Gasteiger partial charge on any atom is -0.370 e. The molecule has 0 radical (unpaired) electrons. The molecule has 0 bridgehead atoms. The van der Waals surface area contributed by atoms with Gasteiger partial charge in [-0.05, 0) is 13.3 Å². The second-order valence-corrected chi connectivity index (χ2v) is 5.51. The molecule has 0 unspecified atom stereocenters. The first-order chi connectivity index (χ1) is 8.09. The summed E-state index contributed by atoms with van der Waals surface area (Å²) in [5.41, 5.74) is 7.99. The molecule has 1 aromatic heterocycles. The van der Waals surface area contributed by atoms with Crippen LogP contribution in [-0.2, 0) is 11.2 Å². The molecule has 94 valence electrons. The summed E-state index contributed by atoms with van der Waals surface area (Å²) in [5.74, 6) is 0.685. The van der Waals surface area contributed by atoms with Gasteiger partial charge < -0.3 is 11.1 Å². The van der Waals surface area contributed by atoms with Crippen molar-refractivity contribution in [2.75, 3.05) is 12.3 Å². The zero-order chi connectivity index (χ0) is 12.7. The number of carbonyl (C=O) groups excluding carboxylic acids is 1. The predicted octanol–water partition coefficient (Wildman–Crippen LogP) is 1.13. The molecular formula is C10H16N4OS2. The van der Waals surface area contributed by atoms with Crippen LogP contribution >= 0.6 is 23.1 Å². The molecule has 0 aromatic carbocycles. The average Bonchev–Trinajstić information content (AvgIpc) is 2.64. The molecule has 0 spiro atoms. The third-order valence-corrected chi connectivity index (χ3v) is 4.01. The predicted molar refractivity (Wildman–Crippen MR) is 72.6 cm³/mol. The van der Waals surface area contributed by atoms with E-state index in [2.05, 4.69) is 10.3 Å². The van der Waals surface area contributed by atoms with Gasteiger partial charge in [-0.3, -0.25) is 10.2 Å². The highest BCUT2D eigenvalue weighted by molar-refractivity contribution is 8.13. The second-order valence-electron chi connectivity index (χ2n) is 3.42. The van der Waals surface area contributed by atoms with Crippen LogP contribution in [-0.4, -0.2) is 28.4 Å². The monoisotopic (exact) mass is 272 g/mol. The van der Waals surface area contributed by atoms with Crippen LogP contribution in [0.4, 0.5) is 0 Å². The topological polar surface area (TPSA) is 91.9 Å². The van der Waals surface area contributed by atoms with Crippen LogP contribution in [0, 0.1) is 12.3 Å². The summed E-state index contributed by atoms with van der Waals surface area (Å²) in [6.45, 7) is 2.41. The first-order valence-electron chi connectivity index (χ1n) is 5.22. The first-order valence-corrected chi connectivity index (χ1v) is 7.08. The van der Waals surface area contributed by atoms with Crippen molar-refractivity contribution in [3.05, 3.63) is 16.1 Å². The Bertz CT molecular complexity index is 391. The zero-order valence-electron chi connectivity index (χ0n) is 9.66. The maximum atomic E-state index is 11.4. The van der Waals surface area contributed by atoms with Crippen molar-refractivity contribution in [2.24, 2.45) is 5.73 Å². The van der Waals surface area contributed by atoms with Gasteiger partial charge in [-0.25, -0.2) is 4.98 Å². The number of rotatable bonds is 6. The van der Waals surface area contributed by atoms with Gasteiger partial charge in [-0.2, -0.15) is 0 Å². The lowest BCUT2D eigenvalue weighted by Gasteiger charge is -2.02. The molecule has 1 heterocycles. The Hall–Kier alpha value is -1.08. The van der Waals surface area contributed by atoms with E-state index in [4.69, 9.17) is 11.1 Å². The minimum absolute atomic E-state index is 0.0944. The van der Waals surface area contributed by atoms with Crippen LogP contribution in [0.1, 0.15) is 17.0 Å². The molecule has 1 rings (SSSR count). The Morgan fingerprint density at radius 3 is 3.06 bits per heavy atom. The lowest BCUT2D eigenvalue weighted by atomic mass is 10.3. The van der Waals surface area contributed by atoms with Gasteiger partial charge in [0.15, 0.2) is 11.1 Å².